The number of carbonyl (C=O) groups is 1. The molecule has 0 radical (unpaired) electrons. The normalized spacial score (nSPS) is 16.2. The van der Waals surface area contributed by atoms with Gasteiger partial charge in [0.25, 0.3) is 5.91 Å². The Balaban J connectivity index is 1.49. The number of imidazole rings is 1. The van der Waals surface area contributed by atoms with Gasteiger partial charge in [-0.3, -0.25) is 4.79 Å². The van der Waals surface area contributed by atoms with Crippen LogP contribution in [0.5, 0.6) is 0 Å². The summed E-state index contributed by atoms with van der Waals surface area (Å²) in [5.41, 5.74) is 8.74. The average molecular weight is 404 g/mol. The Morgan fingerprint density at radius 3 is 2.52 bits per heavy atom. The summed E-state index contributed by atoms with van der Waals surface area (Å²) < 4.78 is 2.07. The van der Waals surface area contributed by atoms with Crippen LogP contribution in [0.1, 0.15) is 33.8 Å². The Morgan fingerprint density at radius 2 is 1.83 bits per heavy atom. The molecule has 2 N–H and O–H groups in total. The van der Waals surface area contributed by atoms with Gasteiger partial charge in [0.1, 0.15) is 10.5 Å². The smallest absolute Gasteiger partial charge is 0.265 e. The van der Waals surface area contributed by atoms with Gasteiger partial charge in [0, 0.05) is 30.9 Å². The number of nitrogens with two attached hydrogens (primary N) is 1. The van der Waals surface area contributed by atoms with Gasteiger partial charge >= 0.3 is 0 Å². The van der Waals surface area contributed by atoms with Crippen molar-refractivity contribution in [1.82, 2.24) is 19.3 Å². The van der Waals surface area contributed by atoms with Crippen LogP contribution in [0.25, 0.3) is 5.65 Å². The lowest BCUT2D eigenvalue weighted by atomic mass is 9.70. The summed E-state index contributed by atoms with van der Waals surface area (Å²) in [7, 11) is 0. The highest BCUT2D eigenvalue weighted by Gasteiger charge is 2.41. The van der Waals surface area contributed by atoms with Gasteiger partial charge in [-0.2, -0.15) is 0 Å². The number of fused-ring (bicyclic) bond motifs is 1. The predicted molar refractivity (Wildman–Crippen MR) is 114 cm³/mol. The number of hydrogen-bond donors (Lipinski definition) is 1. The van der Waals surface area contributed by atoms with Gasteiger partial charge in [-0.25, -0.2) is 9.97 Å². The van der Waals surface area contributed by atoms with E-state index < -0.39 is 0 Å². The number of carbonyl (C=O) groups excluding carboxylic acids is 1. The number of likely N-dealkylation sites (tertiary alicyclic amines) is 1. The van der Waals surface area contributed by atoms with E-state index in [9.17, 15) is 4.79 Å². The second-order valence-corrected chi connectivity index (χ2v) is 8.46. The molecule has 4 heterocycles. The quantitative estimate of drug-likeness (QED) is 0.567. The average Bonchev–Trinajstić information content (AvgIpc) is 3.40. The summed E-state index contributed by atoms with van der Waals surface area (Å²) in [4.78, 5) is 24.3. The van der Waals surface area contributed by atoms with Crippen molar-refractivity contribution in [2.24, 2.45) is 0 Å². The lowest BCUT2D eigenvalue weighted by molar-refractivity contribution is 0.0689. The highest BCUT2D eigenvalue weighted by Crippen LogP contribution is 2.41. The van der Waals surface area contributed by atoms with Gasteiger partial charge in [-0.15, -0.1) is 0 Å². The maximum absolute atomic E-state index is 12.9. The largest absolute Gasteiger partial charge is 0.375 e. The topological polar surface area (TPSA) is 76.5 Å². The van der Waals surface area contributed by atoms with Gasteiger partial charge in [0.05, 0.1) is 11.9 Å². The number of pyridine rings is 1. The van der Waals surface area contributed by atoms with Crippen LogP contribution in [-0.2, 0) is 5.41 Å². The number of piperidine rings is 1. The Kier molecular flexibility index (Phi) is 4.32. The molecule has 5 rings (SSSR count). The SMILES string of the molecule is Nc1ncc(C(=O)N2CCC(c3ccccc3)(c3cn4ccccc4n3)CC2)s1. The highest BCUT2D eigenvalue weighted by molar-refractivity contribution is 7.17. The third kappa shape index (κ3) is 3.07. The number of hydrogen-bond acceptors (Lipinski definition) is 5. The van der Waals surface area contributed by atoms with Gasteiger partial charge < -0.3 is 15.0 Å². The molecule has 146 valence electrons. The number of amides is 1. The van der Waals surface area contributed by atoms with E-state index in [2.05, 4.69) is 39.8 Å². The van der Waals surface area contributed by atoms with Crippen LogP contribution in [0, 0.1) is 0 Å². The summed E-state index contributed by atoms with van der Waals surface area (Å²) in [5.74, 6) is 0.0101. The molecule has 1 aromatic carbocycles. The lowest BCUT2D eigenvalue weighted by Gasteiger charge is -2.41. The zero-order chi connectivity index (χ0) is 19.8. The molecular formula is C22H21N5OS. The minimum atomic E-state index is -0.212. The first-order chi connectivity index (χ1) is 14.2. The van der Waals surface area contributed by atoms with Crippen molar-refractivity contribution in [2.75, 3.05) is 18.8 Å². The first kappa shape index (κ1) is 17.9. The maximum atomic E-state index is 12.9. The predicted octanol–water partition coefficient (Wildman–Crippen LogP) is 3.60. The molecule has 7 heteroatoms. The van der Waals surface area contributed by atoms with E-state index in [1.54, 1.807) is 6.20 Å². The van der Waals surface area contributed by atoms with Crippen molar-refractivity contribution >= 4 is 28.0 Å². The molecule has 1 fully saturated rings. The van der Waals surface area contributed by atoms with Gasteiger partial charge in [-0.1, -0.05) is 47.7 Å². The monoisotopic (exact) mass is 403 g/mol. The van der Waals surface area contributed by atoms with Crippen LogP contribution in [-0.4, -0.2) is 38.3 Å². The molecule has 0 atom stereocenters. The highest BCUT2D eigenvalue weighted by atomic mass is 32.1. The van der Waals surface area contributed by atoms with E-state index in [0.717, 1.165) is 24.2 Å². The van der Waals surface area contributed by atoms with E-state index in [1.165, 1.54) is 16.9 Å². The molecule has 0 saturated carbocycles. The van der Waals surface area contributed by atoms with Crippen molar-refractivity contribution < 1.29 is 4.79 Å². The number of thiazole rings is 1. The van der Waals surface area contributed by atoms with Gasteiger partial charge in [0.2, 0.25) is 0 Å². The Bertz CT molecular complexity index is 1130. The summed E-state index contributed by atoms with van der Waals surface area (Å²) in [6.07, 6.45) is 7.37. The van der Waals surface area contributed by atoms with Crippen LogP contribution in [0.15, 0.2) is 67.1 Å². The molecule has 0 aliphatic carbocycles. The molecule has 29 heavy (non-hydrogen) atoms. The van der Waals surface area contributed by atoms with Crippen molar-refractivity contribution in [3.05, 3.63) is 83.3 Å². The second-order valence-electron chi connectivity index (χ2n) is 7.40. The number of aromatic nitrogens is 3. The Hall–Kier alpha value is -3.19. The maximum Gasteiger partial charge on any atom is 0.265 e. The third-order valence-corrected chi connectivity index (χ3v) is 6.63. The zero-order valence-corrected chi connectivity index (χ0v) is 16.7. The molecule has 3 aromatic heterocycles. The number of benzene rings is 1. The minimum absolute atomic E-state index is 0.0101. The van der Waals surface area contributed by atoms with E-state index in [-0.39, 0.29) is 11.3 Å². The summed E-state index contributed by atoms with van der Waals surface area (Å²) in [6, 6.07) is 16.6. The first-order valence-electron chi connectivity index (χ1n) is 9.66. The molecule has 1 saturated heterocycles. The van der Waals surface area contributed by atoms with Crippen LogP contribution >= 0.6 is 11.3 Å². The molecule has 1 amide bonds. The van der Waals surface area contributed by atoms with Crippen LogP contribution in [0.2, 0.25) is 0 Å². The Labute approximate surface area is 172 Å². The van der Waals surface area contributed by atoms with E-state index >= 15 is 0 Å². The van der Waals surface area contributed by atoms with Crippen LogP contribution in [0.4, 0.5) is 5.13 Å². The van der Waals surface area contributed by atoms with Crippen LogP contribution < -0.4 is 5.73 Å². The third-order valence-electron chi connectivity index (χ3n) is 5.82. The Morgan fingerprint density at radius 1 is 1.07 bits per heavy atom. The molecule has 0 bridgehead atoms. The second kappa shape index (κ2) is 7.00. The molecule has 4 aromatic rings. The fraction of sp³-hybridized carbons (Fsp3) is 0.227. The number of nitrogens with zero attached hydrogens (tertiary/aromatic N) is 4. The number of nitrogen functional groups attached to an aromatic ring is 1. The fourth-order valence-electron chi connectivity index (χ4n) is 4.25. The summed E-state index contributed by atoms with van der Waals surface area (Å²) in [6.45, 7) is 1.33. The molecule has 0 unspecified atom stereocenters. The summed E-state index contributed by atoms with van der Waals surface area (Å²) >= 11 is 1.24. The molecule has 0 spiro atoms. The van der Waals surface area contributed by atoms with E-state index in [1.807, 2.05) is 35.4 Å². The number of anilines is 1. The van der Waals surface area contributed by atoms with Gasteiger partial charge in [0.15, 0.2) is 5.13 Å². The molecule has 1 aliphatic rings. The van der Waals surface area contributed by atoms with Crippen molar-refractivity contribution in [1.29, 1.82) is 0 Å². The van der Waals surface area contributed by atoms with Crippen molar-refractivity contribution in [3.8, 4) is 0 Å². The number of rotatable bonds is 3. The minimum Gasteiger partial charge on any atom is -0.375 e. The standard InChI is InChI=1S/C22H21N5OS/c23-21-24-14-17(29-21)20(28)26-12-9-22(10-13-26,16-6-2-1-3-7-16)18-15-27-11-5-4-8-19(27)25-18/h1-8,11,14-15H,9-10,12-13H2,(H2,23,24). The van der Waals surface area contributed by atoms with Crippen LogP contribution in [0.3, 0.4) is 0 Å². The fourth-order valence-corrected chi connectivity index (χ4v) is 4.90. The van der Waals surface area contributed by atoms with E-state index in [4.69, 9.17) is 10.7 Å². The van der Waals surface area contributed by atoms with Gasteiger partial charge in [-0.05, 0) is 30.5 Å². The molecule has 1 aliphatic heterocycles. The zero-order valence-electron chi connectivity index (χ0n) is 15.9. The first-order valence-corrected chi connectivity index (χ1v) is 10.5. The van der Waals surface area contributed by atoms with Crippen molar-refractivity contribution in [2.45, 2.75) is 18.3 Å². The summed E-state index contributed by atoms with van der Waals surface area (Å²) in [5, 5.41) is 0.425. The van der Waals surface area contributed by atoms with Crippen molar-refractivity contribution in [3.63, 3.8) is 0 Å². The molecular weight excluding hydrogens is 382 g/mol. The molecule has 6 nitrogen and oxygen atoms in total. The lowest BCUT2D eigenvalue weighted by Crippen LogP contribution is -2.45. The van der Waals surface area contributed by atoms with E-state index in [0.29, 0.717) is 23.1 Å².